The Morgan fingerprint density at radius 1 is 0.750 bits per heavy atom. The number of aryl methyl sites for hydroxylation is 1. The number of thiophene rings is 2. The molecule has 5 rings (SSSR count). The Balaban J connectivity index is 1.70. The molecule has 2 aliphatic rings. The molecule has 0 bridgehead atoms. The van der Waals surface area contributed by atoms with Crippen molar-refractivity contribution >= 4 is 79.2 Å². The van der Waals surface area contributed by atoms with Crippen LogP contribution in [0.25, 0.3) is 9.81 Å². The zero-order valence-corrected chi connectivity index (χ0v) is 18.5. The van der Waals surface area contributed by atoms with Crippen LogP contribution in [0.5, 0.6) is 0 Å². The first-order valence-corrected chi connectivity index (χ1v) is 12.1. The summed E-state index contributed by atoms with van der Waals surface area (Å²) in [4.78, 5) is 25.8. The van der Waals surface area contributed by atoms with Gasteiger partial charge in [0.05, 0.1) is 9.81 Å². The molecule has 7 heteroatoms. The van der Waals surface area contributed by atoms with Crippen molar-refractivity contribution in [1.29, 1.82) is 0 Å². The number of Topliss-reactive ketones (excluding diaryl/α,β-unsaturated/α-hetero) is 2. The molecule has 28 heavy (non-hydrogen) atoms. The molecule has 0 spiro atoms. The highest BCUT2D eigenvalue weighted by Gasteiger charge is 2.34. The van der Waals surface area contributed by atoms with Gasteiger partial charge in [-0.3, -0.25) is 9.59 Å². The highest BCUT2D eigenvalue weighted by Crippen LogP contribution is 2.38. The molecule has 0 atom stereocenters. The Morgan fingerprint density at radius 2 is 1.29 bits per heavy atom. The van der Waals surface area contributed by atoms with E-state index in [1.54, 1.807) is 47.0 Å². The second-order valence-electron chi connectivity index (χ2n) is 6.30. The SMILES string of the molecule is Cc1cc2c(cc1Cl)C(=O)/C(=c1/cc/c(=c3/ccc(=C4SC=CS4)s3)s1)C2=O. The number of fused-ring (bicyclic) bond motifs is 1. The van der Waals surface area contributed by atoms with Gasteiger partial charge in [0.15, 0.2) is 11.6 Å². The molecule has 0 saturated carbocycles. The Bertz CT molecular complexity index is 1370. The van der Waals surface area contributed by atoms with Gasteiger partial charge in [0.2, 0.25) is 0 Å². The van der Waals surface area contributed by atoms with E-state index in [0.717, 1.165) is 14.6 Å². The van der Waals surface area contributed by atoms with Gasteiger partial charge in [-0.1, -0.05) is 35.1 Å². The van der Waals surface area contributed by atoms with Crippen LogP contribution in [0.2, 0.25) is 5.02 Å². The Labute approximate surface area is 181 Å². The van der Waals surface area contributed by atoms with Crippen molar-refractivity contribution < 1.29 is 9.59 Å². The van der Waals surface area contributed by atoms with Crippen molar-refractivity contribution in [2.24, 2.45) is 0 Å². The molecule has 2 nitrogen and oxygen atoms in total. The van der Waals surface area contributed by atoms with Crippen LogP contribution in [0.1, 0.15) is 26.3 Å². The molecular weight excluding hydrogens is 448 g/mol. The maximum absolute atomic E-state index is 12.9. The average Bonchev–Trinajstić information content (AvgIpc) is 3.45. The van der Waals surface area contributed by atoms with Crippen molar-refractivity contribution in [2.75, 3.05) is 0 Å². The summed E-state index contributed by atoms with van der Waals surface area (Å²) in [5.74, 6) is -0.442. The first kappa shape index (κ1) is 18.5. The lowest BCUT2D eigenvalue weighted by atomic mass is 10.1. The second-order valence-corrected chi connectivity index (χ2v) is 11.0. The van der Waals surface area contributed by atoms with Gasteiger partial charge in [-0.2, -0.15) is 0 Å². The minimum absolute atomic E-state index is 0.208. The van der Waals surface area contributed by atoms with E-state index in [1.807, 2.05) is 19.1 Å². The van der Waals surface area contributed by atoms with E-state index < -0.39 is 0 Å². The van der Waals surface area contributed by atoms with Crippen LogP contribution in [0.3, 0.4) is 0 Å². The molecule has 1 aliphatic heterocycles. The second kappa shape index (κ2) is 7.04. The van der Waals surface area contributed by atoms with Crippen molar-refractivity contribution in [2.45, 2.75) is 6.92 Å². The minimum Gasteiger partial charge on any atom is -0.288 e. The average molecular weight is 459 g/mol. The van der Waals surface area contributed by atoms with Crippen LogP contribution in [-0.4, -0.2) is 11.6 Å². The topological polar surface area (TPSA) is 34.1 Å². The number of hydrogen-bond donors (Lipinski definition) is 0. The van der Waals surface area contributed by atoms with Gasteiger partial charge in [0.1, 0.15) is 0 Å². The van der Waals surface area contributed by atoms with E-state index in [4.69, 9.17) is 11.6 Å². The summed E-state index contributed by atoms with van der Waals surface area (Å²) in [5, 5.41) is 4.68. The quantitative estimate of drug-likeness (QED) is 0.457. The summed E-state index contributed by atoms with van der Waals surface area (Å²) >= 11 is 12.8. The number of carbonyl (C=O) groups excluding carboxylic acids is 2. The monoisotopic (exact) mass is 458 g/mol. The zero-order valence-electron chi connectivity index (χ0n) is 14.4. The van der Waals surface area contributed by atoms with Crippen LogP contribution >= 0.6 is 57.8 Å². The normalized spacial score (nSPS) is 19.0. The van der Waals surface area contributed by atoms with E-state index >= 15 is 0 Å². The first-order chi connectivity index (χ1) is 13.5. The van der Waals surface area contributed by atoms with Crippen molar-refractivity contribution in [3.63, 3.8) is 0 Å². The van der Waals surface area contributed by atoms with E-state index in [0.29, 0.717) is 20.7 Å². The summed E-state index contributed by atoms with van der Waals surface area (Å²) in [5.41, 5.74) is 1.92. The third-order valence-corrected chi connectivity index (χ3v) is 9.78. The number of halogens is 1. The minimum atomic E-state index is -0.234. The van der Waals surface area contributed by atoms with Gasteiger partial charge < -0.3 is 0 Å². The smallest absolute Gasteiger partial charge is 0.199 e. The van der Waals surface area contributed by atoms with Gasteiger partial charge in [-0.15, -0.1) is 22.7 Å². The first-order valence-electron chi connectivity index (χ1n) is 8.35. The lowest BCUT2D eigenvalue weighted by Gasteiger charge is -2.00. The fourth-order valence-corrected chi connectivity index (χ4v) is 7.46. The summed E-state index contributed by atoms with van der Waals surface area (Å²) < 4.78 is 5.44. The molecule has 0 unspecified atom stereocenters. The Kier molecular flexibility index (Phi) is 4.64. The number of carbonyl (C=O) groups is 2. The number of ketones is 2. The van der Waals surface area contributed by atoms with Crippen molar-refractivity contribution in [1.82, 2.24) is 0 Å². The summed E-state index contributed by atoms with van der Waals surface area (Å²) in [6, 6.07) is 11.4. The Hall–Kier alpha value is -1.57. The molecule has 3 heterocycles. The largest absolute Gasteiger partial charge is 0.288 e. The highest BCUT2D eigenvalue weighted by atomic mass is 35.5. The molecule has 0 amide bonds. The predicted molar refractivity (Wildman–Crippen MR) is 122 cm³/mol. The molecule has 138 valence electrons. The fourth-order valence-electron chi connectivity index (χ4n) is 3.16. The lowest BCUT2D eigenvalue weighted by Crippen LogP contribution is -2.10. The van der Waals surface area contributed by atoms with Crippen LogP contribution in [0, 0.1) is 16.0 Å². The van der Waals surface area contributed by atoms with Crippen molar-refractivity contribution in [3.05, 3.63) is 87.1 Å². The van der Waals surface area contributed by atoms with Crippen LogP contribution < -0.4 is 9.06 Å². The Morgan fingerprint density at radius 3 is 1.96 bits per heavy atom. The molecular formula is C21H11ClO2S4. The van der Waals surface area contributed by atoms with Crippen LogP contribution in [0.4, 0.5) is 0 Å². The van der Waals surface area contributed by atoms with Gasteiger partial charge >= 0.3 is 0 Å². The number of hydrogen-bond acceptors (Lipinski definition) is 6. The molecule has 0 radical (unpaired) electrons. The third kappa shape index (κ3) is 2.95. The highest BCUT2D eigenvalue weighted by molar-refractivity contribution is 8.34. The van der Waals surface area contributed by atoms with Gasteiger partial charge in [0, 0.05) is 34.3 Å². The molecule has 2 aromatic heterocycles. The number of thioether (sulfide) groups is 2. The summed E-state index contributed by atoms with van der Waals surface area (Å²) in [6.45, 7) is 1.84. The standard InChI is InChI=1S/C21H11ClO2S4/c1-10-8-11-12(9-13(10)22)20(24)18(19(11)23)16-4-2-14(27-16)15-3-5-17(28-15)21-25-6-7-26-21/h2-9H,1H3/b15-14+,18-16-. The van der Waals surface area contributed by atoms with Gasteiger partial charge in [-0.25, -0.2) is 0 Å². The lowest BCUT2D eigenvalue weighted by molar-refractivity contribution is 0.102. The molecule has 0 N–H and O–H groups in total. The van der Waals surface area contributed by atoms with E-state index in [9.17, 15) is 9.59 Å². The van der Waals surface area contributed by atoms with Crippen LogP contribution in [-0.2, 0) is 0 Å². The number of rotatable bonds is 0. The number of benzene rings is 1. The maximum Gasteiger partial charge on any atom is 0.199 e. The van der Waals surface area contributed by atoms with Crippen molar-refractivity contribution in [3.8, 4) is 0 Å². The predicted octanol–water partition coefficient (Wildman–Crippen LogP) is 5.31. The maximum atomic E-state index is 12.9. The van der Waals surface area contributed by atoms with E-state index in [-0.39, 0.29) is 17.1 Å². The summed E-state index contributed by atoms with van der Waals surface area (Å²) in [7, 11) is 0. The fraction of sp³-hybridized carbons (Fsp3) is 0.0476. The van der Waals surface area contributed by atoms with Crippen LogP contribution in [0.15, 0.2) is 47.2 Å². The molecule has 0 fully saturated rings. The molecule has 1 aromatic carbocycles. The molecule has 0 saturated heterocycles. The zero-order chi connectivity index (χ0) is 19.4. The van der Waals surface area contributed by atoms with Gasteiger partial charge in [-0.05, 0) is 59.7 Å². The van der Waals surface area contributed by atoms with E-state index in [1.165, 1.54) is 20.1 Å². The molecule has 3 aromatic rings. The molecule has 1 aliphatic carbocycles. The third-order valence-electron chi connectivity index (χ3n) is 4.55. The van der Waals surface area contributed by atoms with E-state index in [2.05, 4.69) is 22.9 Å². The van der Waals surface area contributed by atoms with Gasteiger partial charge in [0.25, 0.3) is 0 Å². The summed E-state index contributed by atoms with van der Waals surface area (Å²) in [6.07, 6.45) is 0.